The van der Waals surface area contributed by atoms with E-state index in [4.69, 9.17) is 9.84 Å². The van der Waals surface area contributed by atoms with Crippen LogP contribution >= 0.6 is 0 Å². The average molecular weight is 314 g/mol. The van der Waals surface area contributed by atoms with Crippen molar-refractivity contribution in [1.82, 2.24) is 9.55 Å². The minimum atomic E-state index is -0.899. The average Bonchev–Trinajstić information content (AvgIpc) is 2.94. The van der Waals surface area contributed by atoms with Gasteiger partial charge < -0.3 is 14.4 Å². The molecule has 3 rings (SSSR count). The van der Waals surface area contributed by atoms with Crippen LogP contribution in [0.2, 0.25) is 0 Å². The molecule has 2 aromatic rings. The van der Waals surface area contributed by atoms with E-state index in [-0.39, 0.29) is 5.60 Å². The number of carboxylic acids is 1. The quantitative estimate of drug-likeness (QED) is 0.940. The summed E-state index contributed by atoms with van der Waals surface area (Å²) in [5.74, 6) is 0.530. The van der Waals surface area contributed by atoms with Gasteiger partial charge in [0.05, 0.1) is 11.2 Å². The van der Waals surface area contributed by atoms with Crippen molar-refractivity contribution in [3.8, 4) is 0 Å². The number of ether oxygens (including phenoxy) is 1. The van der Waals surface area contributed by atoms with Gasteiger partial charge in [-0.3, -0.25) is 0 Å². The number of aromatic nitrogens is 2. The molecule has 1 atom stereocenters. The van der Waals surface area contributed by atoms with Crippen LogP contribution in [0.4, 0.5) is 0 Å². The first-order valence-electron chi connectivity index (χ1n) is 7.92. The molecule has 5 heteroatoms. The molecule has 1 aromatic heterocycles. The van der Waals surface area contributed by atoms with Gasteiger partial charge in [0.25, 0.3) is 0 Å². The smallest absolute Gasteiger partial charge is 0.335 e. The lowest BCUT2D eigenvalue weighted by Gasteiger charge is -2.35. The summed E-state index contributed by atoms with van der Waals surface area (Å²) in [7, 11) is 0. The van der Waals surface area contributed by atoms with Crippen LogP contribution in [0.3, 0.4) is 0 Å². The van der Waals surface area contributed by atoms with Crippen LogP contribution in [-0.2, 0) is 11.3 Å². The van der Waals surface area contributed by atoms with E-state index in [0.717, 1.165) is 30.8 Å². The van der Waals surface area contributed by atoms with E-state index in [0.29, 0.717) is 18.0 Å². The Morgan fingerprint density at radius 3 is 3.04 bits per heavy atom. The molecule has 0 radical (unpaired) electrons. The van der Waals surface area contributed by atoms with Crippen LogP contribution < -0.4 is 0 Å². The van der Waals surface area contributed by atoms with Gasteiger partial charge in [-0.25, -0.2) is 9.78 Å². The Morgan fingerprint density at radius 2 is 2.30 bits per heavy atom. The van der Waals surface area contributed by atoms with E-state index in [9.17, 15) is 4.79 Å². The molecule has 5 nitrogen and oxygen atoms in total. The molecule has 1 aliphatic rings. The predicted molar refractivity (Wildman–Crippen MR) is 86.7 cm³/mol. The normalized spacial score (nSPS) is 20.3. The number of rotatable bonds is 4. The zero-order valence-electron chi connectivity index (χ0n) is 13.5. The maximum absolute atomic E-state index is 11.1. The highest BCUT2D eigenvalue weighted by molar-refractivity contribution is 5.87. The number of nitrogens with zero attached hydrogens (tertiary/aromatic N) is 2. The van der Waals surface area contributed by atoms with Crippen LogP contribution in [0, 0.1) is 0 Å². The Morgan fingerprint density at radius 1 is 1.48 bits per heavy atom. The molecular weight excluding hydrogens is 292 g/mol. The van der Waals surface area contributed by atoms with Crippen molar-refractivity contribution >= 4 is 5.97 Å². The van der Waals surface area contributed by atoms with Crippen molar-refractivity contribution in [3.05, 3.63) is 53.6 Å². The van der Waals surface area contributed by atoms with Crippen molar-refractivity contribution in [2.75, 3.05) is 6.61 Å². The largest absolute Gasteiger partial charge is 0.478 e. The number of carboxylic acid groups (broad SMARTS) is 1. The van der Waals surface area contributed by atoms with Gasteiger partial charge in [0.1, 0.15) is 5.82 Å². The van der Waals surface area contributed by atoms with Gasteiger partial charge in [-0.1, -0.05) is 12.1 Å². The minimum absolute atomic E-state index is 0.122. The summed E-state index contributed by atoms with van der Waals surface area (Å²) in [6.07, 6.45) is 5.69. The standard InChI is InChI=1S/C18H22N2O3/c1-18(2)11-15(6-9-23-18)16-19-7-8-20(16)12-13-4-3-5-14(10-13)17(21)22/h3-5,7-8,10,15H,6,9,11-12H2,1-2H3,(H,21,22)/t15-/m1/s1. The Balaban J connectivity index is 1.81. The Hall–Kier alpha value is -2.14. The summed E-state index contributed by atoms with van der Waals surface area (Å²) < 4.78 is 7.91. The van der Waals surface area contributed by atoms with Gasteiger partial charge in [-0.15, -0.1) is 0 Å². The van der Waals surface area contributed by atoms with Crippen molar-refractivity contribution < 1.29 is 14.6 Å². The lowest BCUT2D eigenvalue weighted by Crippen LogP contribution is -2.34. The van der Waals surface area contributed by atoms with Crippen LogP contribution in [0.1, 0.15) is 54.4 Å². The second kappa shape index (κ2) is 6.16. The topological polar surface area (TPSA) is 64.4 Å². The first-order chi connectivity index (χ1) is 10.9. The zero-order valence-corrected chi connectivity index (χ0v) is 13.5. The number of imidazole rings is 1. The maximum Gasteiger partial charge on any atom is 0.335 e. The van der Waals surface area contributed by atoms with Gasteiger partial charge in [0.15, 0.2) is 0 Å². The molecule has 2 heterocycles. The van der Waals surface area contributed by atoms with Crippen molar-refractivity contribution in [2.24, 2.45) is 0 Å². The van der Waals surface area contributed by atoms with Crippen LogP contribution in [0.15, 0.2) is 36.7 Å². The molecule has 122 valence electrons. The molecule has 0 aliphatic carbocycles. The van der Waals surface area contributed by atoms with E-state index in [1.54, 1.807) is 18.2 Å². The van der Waals surface area contributed by atoms with Crippen LogP contribution in [0.5, 0.6) is 0 Å². The number of aromatic carboxylic acids is 1. The highest BCUT2D eigenvalue weighted by Crippen LogP contribution is 2.34. The fraction of sp³-hybridized carbons (Fsp3) is 0.444. The number of benzene rings is 1. The number of carbonyl (C=O) groups is 1. The Labute approximate surface area is 135 Å². The first-order valence-corrected chi connectivity index (χ1v) is 7.92. The molecular formula is C18H22N2O3. The Bertz CT molecular complexity index is 706. The third kappa shape index (κ3) is 3.62. The van der Waals surface area contributed by atoms with E-state index in [1.807, 2.05) is 18.5 Å². The fourth-order valence-corrected chi connectivity index (χ4v) is 3.27. The van der Waals surface area contributed by atoms with Gasteiger partial charge in [-0.2, -0.15) is 0 Å². The second-order valence-electron chi connectivity index (χ2n) is 6.72. The van der Waals surface area contributed by atoms with Gasteiger partial charge in [0, 0.05) is 31.5 Å². The summed E-state index contributed by atoms with van der Waals surface area (Å²) >= 11 is 0. The SMILES string of the molecule is CC1(C)C[C@H](c2nccn2Cc2cccc(C(=O)O)c2)CCO1. The summed E-state index contributed by atoms with van der Waals surface area (Å²) in [6, 6.07) is 7.07. The van der Waals surface area contributed by atoms with Crippen molar-refractivity contribution in [3.63, 3.8) is 0 Å². The lowest BCUT2D eigenvalue weighted by atomic mass is 9.88. The van der Waals surface area contributed by atoms with E-state index < -0.39 is 5.97 Å². The lowest BCUT2D eigenvalue weighted by molar-refractivity contribution is -0.0606. The molecule has 23 heavy (non-hydrogen) atoms. The summed E-state index contributed by atoms with van der Waals surface area (Å²) in [6.45, 7) is 5.61. The highest BCUT2D eigenvalue weighted by Gasteiger charge is 2.31. The molecule has 1 saturated heterocycles. The number of hydrogen-bond donors (Lipinski definition) is 1. The van der Waals surface area contributed by atoms with Gasteiger partial charge in [-0.05, 0) is 44.4 Å². The molecule has 0 amide bonds. The second-order valence-corrected chi connectivity index (χ2v) is 6.72. The first kappa shape index (κ1) is 15.7. The van der Waals surface area contributed by atoms with Crippen LogP contribution in [0.25, 0.3) is 0 Å². The molecule has 1 aromatic carbocycles. The highest BCUT2D eigenvalue weighted by atomic mass is 16.5. The fourth-order valence-electron chi connectivity index (χ4n) is 3.27. The number of hydrogen-bond acceptors (Lipinski definition) is 3. The van der Waals surface area contributed by atoms with Crippen molar-refractivity contribution in [2.45, 2.75) is 44.8 Å². The minimum Gasteiger partial charge on any atom is -0.478 e. The summed E-state index contributed by atoms with van der Waals surface area (Å²) in [5, 5.41) is 9.12. The molecule has 0 spiro atoms. The summed E-state index contributed by atoms with van der Waals surface area (Å²) in [5.41, 5.74) is 1.16. The maximum atomic E-state index is 11.1. The molecule has 1 fully saturated rings. The Kier molecular flexibility index (Phi) is 4.22. The third-order valence-corrected chi connectivity index (χ3v) is 4.34. The third-order valence-electron chi connectivity index (χ3n) is 4.34. The van der Waals surface area contributed by atoms with E-state index >= 15 is 0 Å². The molecule has 0 bridgehead atoms. The molecule has 0 unspecified atom stereocenters. The van der Waals surface area contributed by atoms with Crippen LogP contribution in [-0.4, -0.2) is 32.8 Å². The molecule has 1 aliphatic heterocycles. The molecule has 0 saturated carbocycles. The zero-order chi connectivity index (χ0) is 16.4. The molecule has 1 N–H and O–H groups in total. The van der Waals surface area contributed by atoms with E-state index in [2.05, 4.69) is 23.4 Å². The van der Waals surface area contributed by atoms with E-state index in [1.165, 1.54) is 0 Å². The monoisotopic (exact) mass is 314 g/mol. The summed E-state index contributed by atoms with van der Waals surface area (Å²) in [4.78, 5) is 15.7. The predicted octanol–water partition coefficient (Wildman–Crippen LogP) is 3.30. The van der Waals surface area contributed by atoms with Crippen molar-refractivity contribution in [1.29, 1.82) is 0 Å². The van der Waals surface area contributed by atoms with Gasteiger partial charge >= 0.3 is 5.97 Å². The van der Waals surface area contributed by atoms with Gasteiger partial charge in [0.2, 0.25) is 0 Å².